The first-order valence-corrected chi connectivity index (χ1v) is 7.61. The number of nitrogens with zero attached hydrogens (tertiary/aromatic N) is 1. The van der Waals surface area contributed by atoms with E-state index in [9.17, 15) is 4.79 Å². The molecule has 1 aromatic rings. The summed E-state index contributed by atoms with van der Waals surface area (Å²) in [6.07, 6.45) is 3.79. The Morgan fingerprint density at radius 3 is 2.24 bits per heavy atom. The van der Waals surface area contributed by atoms with E-state index in [0.717, 1.165) is 11.1 Å². The molecular weight excluding hydrogens is 282 g/mol. The summed E-state index contributed by atoms with van der Waals surface area (Å²) in [4.78, 5) is 14.8. The van der Waals surface area contributed by atoms with Gasteiger partial charge in [-0.1, -0.05) is 30.3 Å². The van der Waals surface area contributed by atoms with Gasteiger partial charge in [-0.05, 0) is 64.0 Å². The maximum Gasteiger partial charge on any atom is 0.254 e. The zero-order valence-corrected chi connectivity index (χ0v) is 14.2. The van der Waals surface area contributed by atoms with Crippen molar-refractivity contribution in [3.05, 3.63) is 53.1 Å². The molecule has 3 heteroatoms. The summed E-state index contributed by atoms with van der Waals surface area (Å²) in [6, 6.07) is 5.61. The first-order chi connectivity index (χ1) is 9.79. The summed E-state index contributed by atoms with van der Waals surface area (Å²) in [5, 5.41) is 0.604. The van der Waals surface area contributed by atoms with E-state index in [1.165, 1.54) is 0 Å². The molecule has 0 saturated carbocycles. The van der Waals surface area contributed by atoms with Crippen LogP contribution < -0.4 is 0 Å². The lowest BCUT2D eigenvalue weighted by Crippen LogP contribution is -2.42. The van der Waals surface area contributed by atoms with Crippen LogP contribution in [-0.2, 0) is 0 Å². The third kappa shape index (κ3) is 4.21. The molecule has 0 bridgehead atoms. The highest BCUT2D eigenvalue weighted by molar-refractivity contribution is 6.31. The zero-order valence-electron chi connectivity index (χ0n) is 13.5. The molecule has 0 aliphatic heterocycles. The van der Waals surface area contributed by atoms with Gasteiger partial charge >= 0.3 is 0 Å². The Morgan fingerprint density at radius 1 is 1.19 bits per heavy atom. The number of hydrogen-bond acceptors (Lipinski definition) is 1. The summed E-state index contributed by atoms with van der Waals surface area (Å²) < 4.78 is 0. The van der Waals surface area contributed by atoms with Gasteiger partial charge in [0.25, 0.3) is 5.91 Å². The minimum atomic E-state index is 0.0114. The first kappa shape index (κ1) is 17.5. The van der Waals surface area contributed by atoms with Crippen molar-refractivity contribution in [2.45, 2.75) is 46.7 Å². The summed E-state index contributed by atoms with van der Waals surface area (Å²) in [5.41, 5.74) is 2.22. The Balaban J connectivity index is 3.35. The number of amides is 1. The van der Waals surface area contributed by atoms with Crippen LogP contribution in [0.1, 0.15) is 50.5 Å². The van der Waals surface area contributed by atoms with E-state index in [4.69, 9.17) is 11.6 Å². The fraction of sp³-hybridized carbons (Fsp3) is 0.389. The fourth-order valence-electron chi connectivity index (χ4n) is 2.46. The number of hydrogen-bond donors (Lipinski definition) is 0. The fourth-order valence-corrected chi connectivity index (χ4v) is 2.64. The Morgan fingerprint density at radius 2 is 1.76 bits per heavy atom. The Labute approximate surface area is 133 Å². The number of halogens is 1. The van der Waals surface area contributed by atoms with Crippen LogP contribution >= 0.6 is 11.6 Å². The van der Waals surface area contributed by atoms with E-state index in [-0.39, 0.29) is 18.0 Å². The summed E-state index contributed by atoms with van der Waals surface area (Å²) in [5.74, 6) is 0.0114. The molecule has 0 heterocycles. The minimum Gasteiger partial charge on any atom is -0.334 e. The molecule has 0 spiro atoms. The van der Waals surface area contributed by atoms with E-state index >= 15 is 0 Å². The van der Waals surface area contributed by atoms with Gasteiger partial charge in [0, 0.05) is 22.7 Å². The smallest absolute Gasteiger partial charge is 0.254 e. The molecule has 114 valence electrons. The summed E-state index contributed by atoms with van der Waals surface area (Å²) in [6.45, 7) is 14.0. The highest BCUT2D eigenvalue weighted by Crippen LogP contribution is 2.25. The van der Waals surface area contributed by atoms with Gasteiger partial charge in [-0.2, -0.15) is 0 Å². The lowest BCUT2D eigenvalue weighted by atomic mass is 9.98. The number of benzene rings is 1. The molecule has 0 fully saturated rings. The molecule has 2 nitrogen and oxygen atoms in total. The molecule has 0 N–H and O–H groups in total. The standard InChI is InChI=1S/C18H24ClNO/c1-7-8-14(6)17-11-15(19)9-10-16(17)18(21)20(12(2)3)13(4)5/h7-13H,6H2,1-5H3/b8-7+. The average molecular weight is 306 g/mol. The number of rotatable bonds is 5. The van der Waals surface area contributed by atoms with E-state index in [2.05, 4.69) is 6.58 Å². The summed E-state index contributed by atoms with van der Waals surface area (Å²) in [7, 11) is 0. The highest BCUT2D eigenvalue weighted by atomic mass is 35.5. The number of carbonyl (C=O) groups is 1. The van der Waals surface area contributed by atoms with Crippen LogP contribution in [0.4, 0.5) is 0 Å². The summed E-state index contributed by atoms with van der Waals surface area (Å²) >= 11 is 6.08. The Kier molecular flexibility index (Phi) is 6.22. The SMILES string of the molecule is C=C(/C=C/C)c1cc(Cl)ccc1C(=O)N(C(C)C)C(C)C. The molecule has 0 aromatic heterocycles. The van der Waals surface area contributed by atoms with Gasteiger partial charge in [-0.25, -0.2) is 0 Å². The van der Waals surface area contributed by atoms with Crippen molar-refractivity contribution in [1.82, 2.24) is 4.90 Å². The van der Waals surface area contributed by atoms with Crippen LogP contribution in [0.5, 0.6) is 0 Å². The van der Waals surface area contributed by atoms with Gasteiger partial charge < -0.3 is 4.90 Å². The zero-order chi connectivity index (χ0) is 16.2. The monoisotopic (exact) mass is 305 g/mol. The van der Waals surface area contributed by atoms with Crippen molar-refractivity contribution in [2.75, 3.05) is 0 Å². The third-order valence-electron chi connectivity index (χ3n) is 3.27. The molecule has 1 rings (SSSR count). The largest absolute Gasteiger partial charge is 0.334 e. The van der Waals surface area contributed by atoms with Crippen LogP contribution in [0, 0.1) is 0 Å². The van der Waals surface area contributed by atoms with E-state index < -0.39 is 0 Å². The maximum absolute atomic E-state index is 12.9. The molecular formula is C18H24ClNO. The predicted molar refractivity (Wildman–Crippen MR) is 91.7 cm³/mol. The topological polar surface area (TPSA) is 20.3 Å². The lowest BCUT2D eigenvalue weighted by molar-refractivity contribution is 0.0643. The van der Waals surface area contributed by atoms with Crippen molar-refractivity contribution in [3.8, 4) is 0 Å². The van der Waals surface area contributed by atoms with Gasteiger partial charge in [0.1, 0.15) is 0 Å². The highest BCUT2D eigenvalue weighted by Gasteiger charge is 2.24. The third-order valence-corrected chi connectivity index (χ3v) is 3.51. The molecule has 0 atom stereocenters. The molecule has 0 unspecified atom stereocenters. The van der Waals surface area contributed by atoms with Gasteiger partial charge in [-0.3, -0.25) is 4.79 Å². The van der Waals surface area contributed by atoms with Gasteiger partial charge in [0.05, 0.1) is 0 Å². The van der Waals surface area contributed by atoms with E-state index in [0.29, 0.717) is 10.6 Å². The predicted octanol–water partition coefficient (Wildman–Crippen LogP) is 5.19. The second-order valence-electron chi connectivity index (χ2n) is 5.62. The molecule has 1 amide bonds. The number of carbonyl (C=O) groups excluding carboxylic acids is 1. The molecule has 0 aliphatic carbocycles. The van der Waals surface area contributed by atoms with Crippen molar-refractivity contribution in [1.29, 1.82) is 0 Å². The van der Waals surface area contributed by atoms with Crippen molar-refractivity contribution in [2.24, 2.45) is 0 Å². The van der Waals surface area contributed by atoms with E-state index in [1.807, 2.05) is 51.7 Å². The second-order valence-corrected chi connectivity index (χ2v) is 6.05. The van der Waals surface area contributed by atoms with Crippen molar-refractivity contribution in [3.63, 3.8) is 0 Å². The quantitative estimate of drug-likeness (QED) is 0.686. The van der Waals surface area contributed by atoms with Crippen LogP contribution in [0.15, 0.2) is 36.9 Å². The lowest BCUT2D eigenvalue weighted by Gasteiger charge is -2.31. The van der Waals surface area contributed by atoms with Gasteiger partial charge in [0.15, 0.2) is 0 Å². The van der Waals surface area contributed by atoms with E-state index in [1.54, 1.807) is 18.2 Å². The number of allylic oxidation sites excluding steroid dienone is 3. The molecule has 0 saturated heterocycles. The van der Waals surface area contributed by atoms with Crippen LogP contribution in [0.2, 0.25) is 5.02 Å². The van der Waals surface area contributed by atoms with Crippen LogP contribution in [-0.4, -0.2) is 22.9 Å². The van der Waals surface area contributed by atoms with Gasteiger partial charge in [0.2, 0.25) is 0 Å². The average Bonchev–Trinajstić information content (AvgIpc) is 2.37. The first-order valence-electron chi connectivity index (χ1n) is 7.23. The molecule has 0 radical (unpaired) electrons. The maximum atomic E-state index is 12.9. The van der Waals surface area contributed by atoms with Crippen molar-refractivity contribution >= 4 is 23.1 Å². The molecule has 21 heavy (non-hydrogen) atoms. The second kappa shape index (κ2) is 7.46. The minimum absolute atomic E-state index is 0.0114. The van der Waals surface area contributed by atoms with Crippen LogP contribution in [0.3, 0.4) is 0 Å². The molecule has 1 aromatic carbocycles. The Bertz CT molecular complexity index is 550. The molecule has 0 aliphatic rings. The Hall–Kier alpha value is -1.54. The van der Waals surface area contributed by atoms with Crippen molar-refractivity contribution < 1.29 is 4.79 Å². The van der Waals surface area contributed by atoms with Crippen LogP contribution in [0.25, 0.3) is 5.57 Å². The normalized spacial score (nSPS) is 11.4. The van der Waals surface area contributed by atoms with Gasteiger partial charge in [-0.15, -0.1) is 0 Å².